The molecule has 1 aliphatic carbocycles. The molecule has 1 rings (SSSR count). The standard InChI is InChI=1S/C14H25NO3/c1-6-10(2)9-11(16)14(7-8-14)15-12(17)18-13(3,4)5/h10H,6-9H2,1-5H3,(H,15,17). The van der Waals surface area contributed by atoms with Crippen LogP contribution >= 0.6 is 0 Å². The number of nitrogens with one attached hydrogen (secondary N) is 1. The van der Waals surface area contributed by atoms with E-state index in [9.17, 15) is 9.59 Å². The Balaban J connectivity index is 2.50. The molecule has 0 heterocycles. The Labute approximate surface area is 109 Å². The third-order valence-corrected chi connectivity index (χ3v) is 3.25. The zero-order chi connectivity index (χ0) is 14.0. The predicted octanol–water partition coefficient (Wildman–Crippen LogP) is 3.05. The largest absolute Gasteiger partial charge is 0.444 e. The van der Waals surface area contributed by atoms with E-state index in [0.717, 1.165) is 19.3 Å². The Morgan fingerprint density at radius 1 is 1.33 bits per heavy atom. The third-order valence-electron chi connectivity index (χ3n) is 3.25. The summed E-state index contributed by atoms with van der Waals surface area (Å²) in [5, 5.41) is 2.74. The van der Waals surface area contributed by atoms with Crippen LogP contribution in [0.25, 0.3) is 0 Å². The minimum absolute atomic E-state index is 0.141. The van der Waals surface area contributed by atoms with E-state index in [-0.39, 0.29) is 5.78 Å². The van der Waals surface area contributed by atoms with Crippen molar-refractivity contribution in [1.29, 1.82) is 0 Å². The van der Waals surface area contributed by atoms with Crippen molar-refractivity contribution in [2.75, 3.05) is 0 Å². The summed E-state index contributed by atoms with van der Waals surface area (Å²) in [6.45, 7) is 9.56. The average molecular weight is 255 g/mol. The highest BCUT2D eigenvalue weighted by Crippen LogP contribution is 2.38. The monoisotopic (exact) mass is 255 g/mol. The second-order valence-corrected chi connectivity index (χ2v) is 6.35. The van der Waals surface area contributed by atoms with Gasteiger partial charge in [-0.15, -0.1) is 0 Å². The first-order chi connectivity index (χ1) is 8.18. The van der Waals surface area contributed by atoms with Crippen LogP contribution in [0.5, 0.6) is 0 Å². The molecule has 1 atom stereocenters. The number of Topliss-reactive ketones (excluding diaryl/α,β-unsaturated/α-hetero) is 1. The van der Waals surface area contributed by atoms with Crippen LogP contribution in [0.3, 0.4) is 0 Å². The molecule has 1 fully saturated rings. The number of carbonyl (C=O) groups excluding carboxylic acids is 2. The summed E-state index contributed by atoms with van der Waals surface area (Å²) in [4.78, 5) is 23.8. The van der Waals surface area contributed by atoms with Crippen molar-refractivity contribution in [1.82, 2.24) is 5.32 Å². The van der Waals surface area contributed by atoms with Crippen LogP contribution < -0.4 is 5.32 Å². The molecule has 0 aromatic rings. The van der Waals surface area contributed by atoms with Gasteiger partial charge in [0.25, 0.3) is 0 Å². The first kappa shape index (κ1) is 15.0. The fraction of sp³-hybridized carbons (Fsp3) is 0.857. The number of hydrogen-bond acceptors (Lipinski definition) is 3. The van der Waals surface area contributed by atoms with Gasteiger partial charge in [-0.05, 0) is 39.5 Å². The molecule has 4 nitrogen and oxygen atoms in total. The number of rotatable bonds is 5. The summed E-state index contributed by atoms with van der Waals surface area (Å²) >= 11 is 0. The van der Waals surface area contributed by atoms with Crippen molar-refractivity contribution >= 4 is 11.9 Å². The van der Waals surface area contributed by atoms with Crippen molar-refractivity contribution in [3.05, 3.63) is 0 Å². The highest BCUT2D eigenvalue weighted by Gasteiger charge is 2.51. The first-order valence-electron chi connectivity index (χ1n) is 6.73. The average Bonchev–Trinajstić information content (AvgIpc) is 2.95. The van der Waals surface area contributed by atoms with Crippen LogP contribution in [-0.4, -0.2) is 23.0 Å². The number of ketones is 1. The fourth-order valence-electron chi connectivity index (χ4n) is 1.75. The van der Waals surface area contributed by atoms with Crippen LogP contribution in [0, 0.1) is 5.92 Å². The SMILES string of the molecule is CCC(C)CC(=O)C1(NC(=O)OC(C)(C)C)CC1. The quantitative estimate of drug-likeness (QED) is 0.821. The van der Waals surface area contributed by atoms with Gasteiger partial charge in [-0.1, -0.05) is 20.3 Å². The highest BCUT2D eigenvalue weighted by molar-refractivity contribution is 5.94. The van der Waals surface area contributed by atoms with Crippen LogP contribution in [-0.2, 0) is 9.53 Å². The normalized spacial score (nSPS) is 18.9. The topological polar surface area (TPSA) is 55.4 Å². The van der Waals surface area contributed by atoms with Crippen molar-refractivity contribution in [3.8, 4) is 0 Å². The predicted molar refractivity (Wildman–Crippen MR) is 70.4 cm³/mol. The van der Waals surface area contributed by atoms with Crippen LogP contribution in [0.1, 0.15) is 60.3 Å². The van der Waals surface area contributed by atoms with E-state index < -0.39 is 17.2 Å². The molecule has 0 radical (unpaired) electrons. The molecule has 1 unspecified atom stereocenters. The van der Waals surface area contributed by atoms with E-state index >= 15 is 0 Å². The number of ether oxygens (including phenoxy) is 1. The van der Waals surface area contributed by atoms with Gasteiger partial charge >= 0.3 is 6.09 Å². The highest BCUT2D eigenvalue weighted by atomic mass is 16.6. The summed E-state index contributed by atoms with van der Waals surface area (Å²) < 4.78 is 5.19. The van der Waals surface area contributed by atoms with Crippen molar-refractivity contribution in [2.45, 2.75) is 71.4 Å². The zero-order valence-corrected chi connectivity index (χ0v) is 12.1. The molecule has 0 spiro atoms. The molecule has 104 valence electrons. The minimum Gasteiger partial charge on any atom is -0.444 e. The van der Waals surface area contributed by atoms with E-state index in [0.29, 0.717) is 12.3 Å². The third kappa shape index (κ3) is 4.31. The van der Waals surface area contributed by atoms with Crippen molar-refractivity contribution < 1.29 is 14.3 Å². The molecule has 1 saturated carbocycles. The van der Waals surface area contributed by atoms with Gasteiger partial charge in [-0.2, -0.15) is 0 Å². The Morgan fingerprint density at radius 3 is 2.28 bits per heavy atom. The molecule has 18 heavy (non-hydrogen) atoms. The minimum atomic E-state index is -0.633. The Morgan fingerprint density at radius 2 is 1.89 bits per heavy atom. The van der Waals surface area contributed by atoms with E-state index in [2.05, 4.69) is 19.2 Å². The fourth-order valence-corrected chi connectivity index (χ4v) is 1.75. The molecule has 0 aromatic carbocycles. The van der Waals surface area contributed by atoms with Gasteiger partial charge in [-0.25, -0.2) is 4.79 Å². The van der Waals surface area contributed by atoms with Gasteiger partial charge in [0.2, 0.25) is 0 Å². The van der Waals surface area contributed by atoms with E-state index in [1.54, 1.807) is 0 Å². The number of alkyl carbamates (subject to hydrolysis) is 1. The summed E-state index contributed by atoms with van der Waals surface area (Å²) in [6, 6.07) is 0. The van der Waals surface area contributed by atoms with E-state index in [1.807, 2.05) is 20.8 Å². The summed E-state index contributed by atoms with van der Waals surface area (Å²) in [7, 11) is 0. The number of hydrogen-bond donors (Lipinski definition) is 1. The lowest BCUT2D eigenvalue weighted by molar-refractivity contribution is -0.123. The molecule has 0 aliphatic heterocycles. The van der Waals surface area contributed by atoms with Gasteiger partial charge in [0, 0.05) is 6.42 Å². The van der Waals surface area contributed by atoms with Gasteiger partial charge in [0.05, 0.1) is 0 Å². The molecule has 0 bridgehead atoms. The second kappa shape index (κ2) is 5.29. The molecule has 0 saturated heterocycles. The molecule has 1 N–H and O–H groups in total. The smallest absolute Gasteiger partial charge is 0.408 e. The molecular weight excluding hydrogens is 230 g/mol. The molecule has 1 aliphatic rings. The second-order valence-electron chi connectivity index (χ2n) is 6.35. The Hall–Kier alpha value is -1.06. The molecule has 4 heteroatoms. The number of carbonyl (C=O) groups is 2. The maximum absolute atomic E-state index is 12.1. The van der Waals surface area contributed by atoms with E-state index in [1.165, 1.54) is 0 Å². The summed E-state index contributed by atoms with van der Waals surface area (Å²) in [5.41, 5.74) is -1.16. The Bertz CT molecular complexity index is 326. The van der Waals surface area contributed by atoms with Gasteiger partial charge in [-0.3, -0.25) is 4.79 Å². The van der Waals surface area contributed by atoms with Gasteiger partial charge in [0.15, 0.2) is 5.78 Å². The van der Waals surface area contributed by atoms with Gasteiger partial charge < -0.3 is 10.1 Å². The molecule has 1 amide bonds. The summed E-state index contributed by atoms with van der Waals surface area (Å²) in [5.74, 6) is 0.512. The zero-order valence-electron chi connectivity index (χ0n) is 12.1. The lowest BCUT2D eigenvalue weighted by Crippen LogP contribution is -2.45. The van der Waals surface area contributed by atoms with Crippen molar-refractivity contribution in [2.24, 2.45) is 5.92 Å². The van der Waals surface area contributed by atoms with Crippen molar-refractivity contribution in [3.63, 3.8) is 0 Å². The first-order valence-corrected chi connectivity index (χ1v) is 6.73. The lowest BCUT2D eigenvalue weighted by atomic mass is 9.97. The van der Waals surface area contributed by atoms with Crippen LogP contribution in [0.2, 0.25) is 0 Å². The molecule has 0 aromatic heterocycles. The summed E-state index contributed by atoms with van der Waals surface area (Å²) in [6.07, 6.45) is 2.50. The van der Waals surface area contributed by atoms with Crippen LogP contribution in [0.15, 0.2) is 0 Å². The maximum atomic E-state index is 12.1. The van der Waals surface area contributed by atoms with Crippen LogP contribution in [0.4, 0.5) is 4.79 Å². The van der Waals surface area contributed by atoms with E-state index in [4.69, 9.17) is 4.74 Å². The Kier molecular flexibility index (Phi) is 4.41. The maximum Gasteiger partial charge on any atom is 0.408 e. The van der Waals surface area contributed by atoms with Gasteiger partial charge in [0.1, 0.15) is 11.1 Å². The lowest BCUT2D eigenvalue weighted by Gasteiger charge is -2.23. The molecular formula is C14H25NO3. The number of amides is 1.